The van der Waals surface area contributed by atoms with E-state index in [1.807, 2.05) is 6.07 Å². The average molecular weight is 332 g/mol. The summed E-state index contributed by atoms with van der Waals surface area (Å²) in [5, 5.41) is 12.5. The molecule has 8 nitrogen and oxygen atoms in total. The van der Waals surface area contributed by atoms with Gasteiger partial charge in [0.05, 0.1) is 20.1 Å². The Kier molecular flexibility index (Phi) is 3.96. The number of nitrogens with zero attached hydrogens (tertiary/aromatic N) is 1. The van der Waals surface area contributed by atoms with Gasteiger partial charge in [0.15, 0.2) is 5.92 Å². The number of nitro groups is 1. The molecule has 1 aliphatic rings. The van der Waals surface area contributed by atoms with Gasteiger partial charge < -0.3 is 14.5 Å². The molecule has 0 unspecified atom stereocenters. The van der Waals surface area contributed by atoms with Gasteiger partial charge in [-0.1, -0.05) is 12.1 Å². The lowest BCUT2D eigenvalue weighted by molar-refractivity contribution is -0.527. The van der Waals surface area contributed by atoms with Gasteiger partial charge in [0, 0.05) is 28.4 Å². The summed E-state index contributed by atoms with van der Waals surface area (Å²) in [5.74, 6) is -4.01. The predicted molar refractivity (Wildman–Crippen MR) is 83.0 cm³/mol. The zero-order valence-corrected chi connectivity index (χ0v) is 13.1. The number of H-pyrrole nitrogens is 1. The van der Waals surface area contributed by atoms with Crippen LogP contribution in [0.4, 0.5) is 0 Å². The van der Waals surface area contributed by atoms with Gasteiger partial charge in [-0.15, -0.1) is 0 Å². The maximum atomic E-state index is 12.2. The molecule has 0 aliphatic heterocycles. The van der Waals surface area contributed by atoms with Crippen molar-refractivity contribution in [1.29, 1.82) is 0 Å². The molecule has 0 radical (unpaired) electrons. The second-order valence-electron chi connectivity index (χ2n) is 5.69. The molecule has 1 aliphatic carbocycles. The summed E-state index contributed by atoms with van der Waals surface area (Å²) in [6.45, 7) is 0. The van der Waals surface area contributed by atoms with Crippen molar-refractivity contribution in [1.82, 2.24) is 4.98 Å². The zero-order chi connectivity index (χ0) is 17.4. The second kappa shape index (κ2) is 5.95. The van der Waals surface area contributed by atoms with E-state index in [-0.39, 0.29) is 6.42 Å². The van der Waals surface area contributed by atoms with Crippen molar-refractivity contribution < 1.29 is 24.0 Å². The van der Waals surface area contributed by atoms with Crippen LogP contribution in [0.15, 0.2) is 24.4 Å². The van der Waals surface area contributed by atoms with Crippen LogP contribution in [-0.4, -0.2) is 42.1 Å². The zero-order valence-electron chi connectivity index (χ0n) is 13.1. The van der Waals surface area contributed by atoms with Crippen molar-refractivity contribution >= 4 is 22.8 Å². The fourth-order valence-corrected chi connectivity index (χ4v) is 3.53. The van der Waals surface area contributed by atoms with E-state index in [2.05, 4.69) is 4.98 Å². The molecule has 1 heterocycles. The summed E-state index contributed by atoms with van der Waals surface area (Å²) in [6, 6.07) is 4.16. The minimum atomic E-state index is -1.39. The number of esters is 2. The highest BCUT2D eigenvalue weighted by atomic mass is 16.6. The Morgan fingerprint density at radius 3 is 2.54 bits per heavy atom. The summed E-state index contributed by atoms with van der Waals surface area (Å²) in [6.07, 6.45) is 1.85. The number of aromatic amines is 1. The molecule has 0 saturated heterocycles. The van der Waals surface area contributed by atoms with Gasteiger partial charge in [0.25, 0.3) is 0 Å². The van der Waals surface area contributed by atoms with Crippen molar-refractivity contribution in [2.24, 2.45) is 5.92 Å². The van der Waals surface area contributed by atoms with Crippen molar-refractivity contribution in [3.05, 3.63) is 45.6 Å². The summed E-state index contributed by atoms with van der Waals surface area (Å²) in [4.78, 5) is 38.6. The van der Waals surface area contributed by atoms with Gasteiger partial charge in [-0.3, -0.25) is 19.7 Å². The monoisotopic (exact) mass is 332 g/mol. The molecule has 0 fully saturated rings. The number of carbonyl (C=O) groups excluding carboxylic acids is 2. The topological polar surface area (TPSA) is 112 Å². The Labute approximate surface area is 136 Å². The molecule has 8 heteroatoms. The van der Waals surface area contributed by atoms with Crippen LogP contribution in [0.25, 0.3) is 10.9 Å². The molecule has 3 rings (SSSR count). The van der Waals surface area contributed by atoms with E-state index >= 15 is 0 Å². The standard InChI is InChI=1S/C16H16N2O6/c1-23-15(19)14(16(20)24-2)13-9-4-3-5-10-12(9)8(7-17-10)6-11(13)18(21)22/h3-5,7,11,13-14,17H,6H2,1-2H3/t11-,13-/m1/s1. The molecular formula is C16H16N2O6. The number of rotatable bonds is 4. The molecule has 1 aromatic heterocycles. The molecule has 126 valence electrons. The first kappa shape index (κ1) is 16.0. The number of nitrogens with one attached hydrogen (secondary N) is 1. The van der Waals surface area contributed by atoms with E-state index in [4.69, 9.17) is 9.47 Å². The number of carbonyl (C=O) groups is 2. The molecule has 2 atom stereocenters. The lowest BCUT2D eigenvalue weighted by atomic mass is 9.73. The highest BCUT2D eigenvalue weighted by Gasteiger charge is 2.50. The van der Waals surface area contributed by atoms with Crippen molar-refractivity contribution in [3.8, 4) is 0 Å². The minimum absolute atomic E-state index is 0.124. The highest BCUT2D eigenvalue weighted by molar-refractivity contribution is 5.98. The molecule has 1 aromatic carbocycles. The molecule has 0 saturated carbocycles. The fraction of sp³-hybridized carbons (Fsp3) is 0.375. The lowest BCUT2D eigenvalue weighted by Gasteiger charge is -2.30. The van der Waals surface area contributed by atoms with E-state index in [1.54, 1.807) is 18.3 Å². The third-order valence-corrected chi connectivity index (χ3v) is 4.56. The summed E-state index contributed by atoms with van der Waals surface area (Å²) in [7, 11) is 2.29. The number of hydrogen-bond acceptors (Lipinski definition) is 6. The van der Waals surface area contributed by atoms with E-state index < -0.39 is 34.7 Å². The van der Waals surface area contributed by atoms with Crippen LogP contribution < -0.4 is 0 Å². The minimum Gasteiger partial charge on any atom is -0.468 e. The van der Waals surface area contributed by atoms with E-state index in [0.717, 1.165) is 30.7 Å². The Bertz CT molecular complexity index is 811. The molecule has 24 heavy (non-hydrogen) atoms. The third kappa shape index (κ3) is 2.31. The Balaban J connectivity index is 2.23. The Morgan fingerprint density at radius 1 is 1.29 bits per heavy atom. The van der Waals surface area contributed by atoms with Crippen molar-refractivity contribution in [2.75, 3.05) is 14.2 Å². The summed E-state index contributed by atoms with van der Waals surface area (Å²) in [5.41, 5.74) is 2.19. The third-order valence-electron chi connectivity index (χ3n) is 4.56. The quantitative estimate of drug-likeness (QED) is 0.392. The normalized spacial score (nSPS) is 19.3. The fourth-order valence-electron chi connectivity index (χ4n) is 3.53. The van der Waals surface area contributed by atoms with E-state index in [9.17, 15) is 19.7 Å². The average Bonchev–Trinajstić information content (AvgIpc) is 3.00. The van der Waals surface area contributed by atoms with Gasteiger partial charge >= 0.3 is 11.9 Å². The molecule has 0 amide bonds. The summed E-state index contributed by atoms with van der Waals surface area (Å²) >= 11 is 0. The SMILES string of the molecule is COC(=O)C(C(=O)OC)[C@@H]1c2cccc3[nH]cc(c23)C[C@H]1[N+](=O)[O-]. The smallest absolute Gasteiger partial charge is 0.320 e. The van der Waals surface area contributed by atoms with Gasteiger partial charge in [0.1, 0.15) is 0 Å². The molecule has 1 N–H and O–H groups in total. The number of aromatic nitrogens is 1. The van der Waals surface area contributed by atoms with Gasteiger partial charge in [0.2, 0.25) is 6.04 Å². The first-order chi connectivity index (χ1) is 11.5. The first-order valence-corrected chi connectivity index (χ1v) is 7.37. The second-order valence-corrected chi connectivity index (χ2v) is 5.69. The highest BCUT2D eigenvalue weighted by Crippen LogP contribution is 2.42. The van der Waals surface area contributed by atoms with Crippen molar-refractivity contribution in [3.63, 3.8) is 0 Å². The molecular weight excluding hydrogens is 316 g/mol. The van der Waals surface area contributed by atoms with E-state index in [0.29, 0.717) is 5.56 Å². The van der Waals surface area contributed by atoms with Crippen LogP contribution >= 0.6 is 0 Å². The predicted octanol–water partition coefficient (Wildman–Crippen LogP) is 1.42. The van der Waals surface area contributed by atoms with Crippen LogP contribution in [0.2, 0.25) is 0 Å². The number of benzene rings is 1. The number of ether oxygens (including phenoxy) is 2. The molecule has 2 aromatic rings. The van der Waals surface area contributed by atoms with Gasteiger partial charge in [-0.25, -0.2) is 0 Å². The van der Waals surface area contributed by atoms with Crippen LogP contribution in [0, 0.1) is 16.0 Å². The Hall–Kier alpha value is -2.90. The Morgan fingerprint density at radius 2 is 1.96 bits per heavy atom. The molecule has 0 spiro atoms. The van der Waals surface area contributed by atoms with Gasteiger partial charge in [-0.2, -0.15) is 0 Å². The van der Waals surface area contributed by atoms with E-state index in [1.165, 1.54) is 0 Å². The number of methoxy groups -OCH3 is 2. The first-order valence-electron chi connectivity index (χ1n) is 7.37. The largest absolute Gasteiger partial charge is 0.468 e. The maximum absolute atomic E-state index is 12.2. The van der Waals surface area contributed by atoms with Crippen LogP contribution in [0.5, 0.6) is 0 Å². The van der Waals surface area contributed by atoms with Gasteiger partial charge in [-0.05, 0) is 17.2 Å². The molecule has 0 bridgehead atoms. The maximum Gasteiger partial charge on any atom is 0.320 e. The van der Waals surface area contributed by atoms with Crippen LogP contribution in [0.3, 0.4) is 0 Å². The van der Waals surface area contributed by atoms with Crippen molar-refractivity contribution in [2.45, 2.75) is 18.4 Å². The number of hydrogen-bond donors (Lipinski definition) is 1. The van der Waals surface area contributed by atoms with Crippen LogP contribution in [0.1, 0.15) is 17.0 Å². The summed E-state index contributed by atoms with van der Waals surface area (Å²) < 4.78 is 9.42. The lowest BCUT2D eigenvalue weighted by Crippen LogP contribution is -2.43. The van der Waals surface area contributed by atoms with Crippen LogP contribution in [-0.2, 0) is 25.5 Å².